The molecule has 1 aromatic carbocycles. The number of aliphatic hydroxyl groups is 1. The molecular weight excluding hydrogens is 283 g/mol. The molecule has 3 heteroatoms. The molecule has 2 aliphatic carbocycles. The fraction of sp³-hybridized carbons (Fsp3) is 0.571. The number of hydrogen-bond donors (Lipinski definition) is 1. The fourth-order valence-electron chi connectivity index (χ4n) is 3.65. The van der Waals surface area contributed by atoms with Gasteiger partial charge in [-0.2, -0.15) is 0 Å². The summed E-state index contributed by atoms with van der Waals surface area (Å²) in [6.45, 7) is 0. The van der Waals surface area contributed by atoms with Gasteiger partial charge in [-0.1, -0.05) is 22.4 Å². The third-order valence-electron chi connectivity index (χ3n) is 4.48. The highest BCUT2D eigenvalue weighted by Gasteiger charge is 2.43. The van der Waals surface area contributed by atoms with Crippen LogP contribution < -0.4 is 0 Å². The first-order chi connectivity index (χ1) is 8.15. The average Bonchev–Trinajstić information content (AvgIpc) is 2.93. The van der Waals surface area contributed by atoms with Crippen molar-refractivity contribution in [3.05, 3.63) is 34.1 Å². The standard InChI is InChI=1S/C14H16BrFO/c15-13-4-3-10(16)7-12(13)14(17)11-6-8-1-2-9(11)5-8/h3-4,7-9,11,14,17H,1-2,5-6H2. The van der Waals surface area contributed by atoms with Gasteiger partial charge in [0.05, 0.1) is 6.10 Å². The fourth-order valence-corrected chi connectivity index (χ4v) is 4.13. The van der Waals surface area contributed by atoms with Crippen LogP contribution >= 0.6 is 15.9 Å². The quantitative estimate of drug-likeness (QED) is 0.873. The van der Waals surface area contributed by atoms with Gasteiger partial charge in [0.1, 0.15) is 5.82 Å². The van der Waals surface area contributed by atoms with E-state index >= 15 is 0 Å². The summed E-state index contributed by atoms with van der Waals surface area (Å²) >= 11 is 3.40. The molecule has 0 heterocycles. The lowest BCUT2D eigenvalue weighted by Gasteiger charge is -2.27. The number of rotatable bonds is 2. The van der Waals surface area contributed by atoms with Crippen LogP contribution in [0.15, 0.2) is 22.7 Å². The monoisotopic (exact) mass is 298 g/mol. The highest BCUT2D eigenvalue weighted by molar-refractivity contribution is 9.10. The molecule has 0 amide bonds. The van der Waals surface area contributed by atoms with Crippen LogP contribution in [0.3, 0.4) is 0 Å². The first-order valence-electron chi connectivity index (χ1n) is 6.28. The third-order valence-corrected chi connectivity index (χ3v) is 5.20. The van der Waals surface area contributed by atoms with Crippen molar-refractivity contribution in [1.82, 2.24) is 0 Å². The predicted molar refractivity (Wildman–Crippen MR) is 68.0 cm³/mol. The molecule has 0 radical (unpaired) electrons. The van der Waals surface area contributed by atoms with Crippen LogP contribution in [0.25, 0.3) is 0 Å². The smallest absolute Gasteiger partial charge is 0.123 e. The van der Waals surface area contributed by atoms with Crippen molar-refractivity contribution in [2.45, 2.75) is 31.8 Å². The minimum absolute atomic E-state index is 0.273. The summed E-state index contributed by atoms with van der Waals surface area (Å²) in [5, 5.41) is 10.5. The maximum absolute atomic E-state index is 13.3. The van der Waals surface area contributed by atoms with Gasteiger partial charge in [0.2, 0.25) is 0 Å². The zero-order valence-corrected chi connectivity index (χ0v) is 11.2. The predicted octanol–water partition coefficient (Wildman–Crippen LogP) is 4.06. The van der Waals surface area contributed by atoms with E-state index in [4.69, 9.17) is 0 Å². The molecule has 3 rings (SSSR count). The van der Waals surface area contributed by atoms with Gasteiger partial charge in [-0.05, 0) is 60.8 Å². The van der Waals surface area contributed by atoms with Crippen molar-refractivity contribution >= 4 is 15.9 Å². The minimum atomic E-state index is -0.518. The second kappa shape index (κ2) is 4.36. The van der Waals surface area contributed by atoms with Crippen LogP contribution in [0.4, 0.5) is 4.39 Å². The summed E-state index contributed by atoms with van der Waals surface area (Å²) in [5.41, 5.74) is 0.711. The van der Waals surface area contributed by atoms with Crippen molar-refractivity contribution in [1.29, 1.82) is 0 Å². The first-order valence-corrected chi connectivity index (χ1v) is 7.07. The Balaban J connectivity index is 1.86. The van der Waals surface area contributed by atoms with Crippen molar-refractivity contribution < 1.29 is 9.50 Å². The van der Waals surface area contributed by atoms with Crippen LogP contribution in [0.5, 0.6) is 0 Å². The topological polar surface area (TPSA) is 20.2 Å². The minimum Gasteiger partial charge on any atom is -0.388 e. The van der Waals surface area contributed by atoms with Gasteiger partial charge in [-0.25, -0.2) is 4.39 Å². The second-order valence-electron chi connectivity index (χ2n) is 5.45. The summed E-state index contributed by atoms with van der Waals surface area (Å²) in [6.07, 6.45) is 4.40. The molecule has 0 saturated heterocycles. The van der Waals surface area contributed by atoms with Gasteiger partial charge in [0, 0.05) is 4.47 Å². The van der Waals surface area contributed by atoms with Crippen molar-refractivity contribution in [3.8, 4) is 0 Å². The molecule has 0 aromatic heterocycles. The van der Waals surface area contributed by atoms with E-state index in [2.05, 4.69) is 15.9 Å². The molecule has 1 nitrogen and oxygen atoms in total. The lowest BCUT2D eigenvalue weighted by molar-refractivity contribution is 0.0737. The Bertz CT molecular complexity index is 434. The van der Waals surface area contributed by atoms with Gasteiger partial charge in [0.25, 0.3) is 0 Å². The van der Waals surface area contributed by atoms with E-state index in [1.165, 1.54) is 31.4 Å². The van der Waals surface area contributed by atoms with Gasteiger partial charge in [-0.3, -0.25) is 0 Å². The van der Waals surface area contributed by atoms with Crippen molar-refractivity contribution in [2.75, 3.05) is 0 Å². The van der Waals surface area contributed by atoms with E-state index in [9.17, 15) is 9.50 Å². The summed E-state index contributed by atoms with van der Waals surface area (Å²) in [6, 6.07) is 4.56. The van der Waals surface area contributed by atoms with Crippen LogP contribution in [0.1, 0.15) is 37.4 Å². The Morgan fingerprint density at radius 1 is 1.29 bits per heavy atom. The molecule has 0 spiro atoms. The van der Waals surface area contributed by atoms with Crippen molar-refractivity contribution in [2.24, 2.45) is 17.8 Å². The Morgan fingerprint density at radius 3 is 2.76 bits per heavy atom. The van der Waals surface area contributed by atoms with Gasteiger partial charge in [-0.15, -0.1) is 0 Å². The third kappa shape index (κ3) is 2.04. The van der Waals surface area contributed by atoms with E-state index in [-0.39, 0.29) is 5.82 Å². The highest BCUT2D eigenvalue weighted by atomic mass is 79.9. The molecule has 2 fully saturated rings. The Labute approximate surface area is 109 Å². The normalized spacial score (nSPS) is 33.0. The van der Waals surface area contributed by atoms with E-state index in [0.717, 1.165) is 16.8 Å². The largest absolute Gasteiger partial charge is 0.388 e. The lowest BCUT2D eigenvalue weighted by atomic mass is 9.82. The highest BCUT2D eigenvalue weighted by Crippen LogP contribution is 2.53. The molecule has 17 heavy (non-hydrogen) atoms. The maximum atomic E-state index is 13.3. The number of hydrogen-bond acceptors (Lipinski definition) is 1. The second-order valence-corrected chi connectivity index (χ2v) is 6.30. The van der Waals surface area contributed by atoms with E-state index < -0.39 is 6.10 Å². The summed E-state index contributed by atoms with van der Waals surface area (Å²) in [4.78, 5) is 0. The maximum Gasteiger partial charge on any atom is 0.123 e. The average molecular weight is 299 g/mol. The van der Waals surface area contributed by atoms with Crippen LogP contribution in [-0.2, 0) is 0 Å². The molecule has 4 atom stereocenters. The van der Waals surface area contributed by atoms with Gasteiger partial charge in [0.15, 0.2) is 0 Å². The zero-order valence-electron chi connectivity index (χ0n) is 9.57. The SMILES string of the molecule is OC(c1cc(F)ccc1Br)C1CC2CCC1C2. The van der Waals surface area contributed by atoms with Gasteiger partial charge < -0.3 is 5.11 Å². The van der Waals surface area contributed by atoms with Crippen LogP contribution in [0, 0.1) is 23.6 Å². The number of halogens is 2. The molecule has 0 aliphatic heterocycles. The zero-order chi connectivity index (χ0) is 12.0. The summed E-state index contributed by atoms with van der Waals surface area (Å²) in [7, 11) is 0. The Morgan fingerprint density at radius 2 is 2.12 bits per heavy atom. The molecule has 2 saturated carbocycles. The Hall–Kier alpha value is -0.410. The molecule has 92 valence electrons. The van der Waals surface area contributed by atoms with Crippen LogP contribution in [0.2, 0.25) is 0 Å². The van der Waals surface area contributed by atoms with Gasteiger partial charge >= 0.3 is 0 Å². The molecule has 1 N–H and O–H groups in total. The summed E-state index contributed by atoms with van der Waals surface area (Å²) < 4.78 is 14.1. The number of benzene rings is 1. The lowest BCUT2D eigenvalue weighted by Crippen LogP contribution is -2.19. The molecular formula is C14H16BrFO. The first kappa shape index (κ1) is 11.7. The van der Waals surface area contributed by atoms with E-state index in [1.54, 1.807) is 6.07 Å². The van der Waals surface area contributed by atoms with Crippen LogP contribution in [-0.4, -0.2) is 5.11 Å². The molecule has 4 unspecified atom stereocenters. The van der Waals surface area contributed by atoms with E-state index in [0.29, 0.717) is 17.4 Å². The Kier molecular flexibility index (Phi) is 2.99. The van der Waals surface area contributed by atoms with Crippen molar-refractivity contribution in [3.63, 3.8) is 0 Å². The molecule has 2 aliphatic rings. The molecule has 2 bridgehead atoms. The van der Waals surface area contributed by atoms with E-state index in [1.807, 2.05) is 0 Å². The number of fused-ring (bicyclic) bond motifs is 2. The summed E-state index contributed by atoms with van der Waals surface area (Å²) in [5.74, 6) is 1.49. The number of aliphatic hydroxyl groups excluding tert-OH is 1. The molecule has 1 aromatic rings.